The van der Waals surface area contributed by atoms with E-state index in [2.05, 4.69) is 17.2 Å². The third-order valence-corrected chi connectivity index (χ3v) is 4.17. The lowest BCUT2D eigenvalue weighted by molar-refractivity contribution is -0.384. The van der Waals surface area contributed by atoms with Crippen LogP contribution in [0.4, 0.5) is 11.4 Å². The first-order chi connectivity index (χ1) is 9.56. The van der Waals surface area contributed by atoms with Crippen LogP contribution in [0.2, 0.25) is 0 Å². The molecular weight excluding hydrogens is 260 g/mol. The Morgan fingerprint density at radius 1 is 1.50 bits per heavy atom. The largest absolute Gasteiger partial charge is 0.365 e. The van der Waals surface area contributed by atoms with Crippen LogP contribution in [0.3, 0.4) is 0 Å². The minimum atomic E-state index is -0.406. The van der Waals surface area contributed by atoms with Crippen molar-refractivity contribution in [3.63, 3.8) is 0 Å². The number of carbonyl (C=O) groups excluding carboxylic acids is 1. The molecule has 1 amide bonds. The predicted octanol–water partition coefficient (Wildman–Crippen LogP) is 0.951. The summed E-state index contributed by atoms with van der Waals surface area (Å²) in [6.07, 6.45) is 3.35. The van der Waals surface area contributed by atoms with E-state index in [1.54, 1.807) is 12.3 Å². The van der Waals surface area contributed by atoms with E-state index in [9.17, 15) is 14.9 Å². The van der Waals surface area contributed by atoms with Gasteiger partial charge in [-0.2, -0.15) is 0 Å². The van der Waals surface area contributed by atoms with Gasteiger partial charge in [-0.05, 0) is 12.0 Å². The highest BCUT2D eigenvalue weighted by atomic mass is 16.6. The quantitative estimate of drug-likeness (QED) is 0.641. The number of carbonyl (C=O) groups is 1. The summed E-state index contributed by atoms with van der Waals surface area (Å²) in [5, 5.41) is 14.1. The van der Waals surface area contributed by atoms with Gasteiger partial charge in [0.15, 0.2) is 0 Å². The Hall–Kier alpha value is -2.18. The summed E-state index contributed by atoms with van der Waals surface area (Å²) in [4.78, 5) is 28.0. The third kappa shape index (κ3) is 2.09. The molecule has 0 spiro atoms. The van der Waals surface area contributed by atoms with Crippen LogP contribution >= 0.6 is 0 Å². The summed E-state index contributed by atoms with van der Waals surface area (Å²) in [5.41, 5.74) is 0.616. The van der Waals surface area contributed by atoms with Gasteiger partial charge in [-0.15, -0.1) is 0 Å². The summed E-state index contributed by atoms with van der Waals surface area (Å²) in [5.74, 6) is 0.574. The lowest BCUT2D eigenvalue weighted by Crippen LogP contribution is -2.50. The molecule has 3 atom stereocenters. The van der Waals surface area contributed by atoms with Crippen molar-refractivity contribution in [1.82, 2.24) is 10.3 Å². The van der Waals surface area contributed by atoms with Crippen LogP contribution in [-0.4, -0.2) is 34.9 Å². The van der Waals surface area contributed by atoms with E-state index < -0.39 is 4.92 Å². The van der Waals surface area contributed by atoms with Crippen LogP contribution in [-0.2, 0) is 4.79 Å². The Kier molecular flexibility index (Phi) is 3.04. The van der Waals surface area contributed by atoms with Crippen molar-refractivity contribution in [2.75, 3.05) is 18.0 Å². The number of anilines is 1. The molecule has 1 aromatic heterocycles. The Bertz CT molecular complexity index is 562. The Balaban J connectivity index is 1.89. The molecule has 2 aliphatic heterocycles. The van der Waals surface area contributed by atoms with E-state index in [4.69, 9.17) is 0 Å². The maximum atomic E-state index is 11.5. The zero-order chi connectivity index (χ0) is 14.3. The Morgan fingerprint density at radius 2 is 2.30 bits per heavy atom. The van der Waals surface area contributed by atoms with Gasteiger partial charge in [0.1, 0.15) is 11.9 Å². The zero-order valence-corrected chi connectivity index (χ0v) is 11.2. The number of hydrogen-bond acceptors (Lipinski definition) is 5. The average Bonchev–Trinajstić information content (AvgIpc) is 2.79. The van der Waals surface area contributed by atoms with Crippen molar-refractivity contribution in [3.8, 4) is 0 Å². The fourth-order valence-corrected chi connectivity index (χ4v) is 3.32. The molecule has 3 heterocycles. The molecule has 106 valence electrons. The first-order valence-electron chi connectivity index (χ1n) is 6.69. The number of piperidine rings is 1. The van der Waals surface area contributed by atoms with Crippen molar-refractivity contribution in [2.45, 2.75) is 19.4 Å². The molecule has 2 fully saturated rings. The van der Waals surface area contributed by atoms with Gasteiger partial charge >= 0.3 is 5.69 Å². The molecule has 20 heavy (non-hydrogen) atoms. The predicted molar refractivity (Wildman–Crippen MR) is 72.3 cm³/mol. The van der Waals surface area contributed by atoms with E-state index >= 15 is 0 Å². The average molecular weight is 276 g/mol. The van der Waals surface area contributed by atoms with Crippen molar-refractivity contribution < 1.29 is 9.72 Å². The number of fused-ring (bicyclic) bond motifs is 1. The lowest BCUT2D eigenvalue weighted by atomic mass is 9.85. The molecule has 1 aromatic rings. The van der Waals surface area contributed by atoms with Gasteiger partial charge in [0.2, 0.25) is 5.91 Å². The molecule has 7 nitrogen and oxygen atoms in total. The van der Waals surface area contributed by atoms with Crippen LogP contribution in [0.25, 0.3) is 0 Å². The number of nitrogens with one attached hydrogen (secondary N) is 1. The maximum absolute atomic E-state index is 11.5. The summed E-state index contributed by atoms with van der Waals surface area (Å²) in [6.45, 7) is 3.44. The number of hydrogen-bond donors (Lipinski definition) is 1. The van der Waals surface area contributed by atoms with Crippen LogP contribution in [0.1, 0.15) is 13.3 Å². The lowest BCUT2D eigenvalue weighted by Gasteiger charge is -2.39. The van der Waals surface area contributed by atoms with Crippen LogP contribution in [0.15, 0.2) is 18.5 Å². The van der Waals surface area contributed by atoms with Gasteiger partial charge in [0.25, 0.3) is 0 Å². The van der Waals surface area contributed by atoms with Gasteiger partial charge in [0.05, 0.1) is 4.92 Å². The number of amides is 1. The molecule has 0 bridgehead atoms. The molecule has 0 aromatic carbocycles. The first-order valence-corrected chi connectivity index (χ1v) is 6.69. The first kappa shape index (κ1) is 12.8. The molecule has 2 saturated heterocycles. The number of rotatable bonds is 2. The molecule has 0 radical (unpaired) electrons. The normalized spacial score (nSPS) is 28.9. The van der Waals surface area contributed by atoms with Crippen LogP contribution in [0, 0.1) is 22.0 Å². The van der Waals surface area contributed by atoms with Crippen molar-refractivity contribution >= 4 is 17.3 Å². The smallest absolute Gasteiger partial charge is 0.310 e. The third-order valence-electron chi connectivity index (χ3n) is 4.17. The molecular formula is C13H16N4O3. The SMILES string of the molecule is C[C@@H]1CN(c2ccncc2[N+](=O)[O-])C[C@H]2CC(=O)N[C@H]21. The Labute approximate surface area is 116 Å². The maximum Gasteiger partial charge on any atom is 0.310 e. The second-order valence-electron chi connectivity index (χ2n) is 5.56. The topological polar surface area (TPSA) is 88.4 Å². The van der Waals surface area contributed by atoms with Crippen LogP contribution < -0.4 is 10.2 Å². The van der Waals surface area contributed by atoms with Crippen molar-refractivity contribution in [2.24, 2.45) is 11.8 Å². The molecule has 3 rings (SSSR count). The van der Waals surface area contributed by atoms with Gasteiger partial charge in [-0.3, -0.25) is 19.9 Å². The highest BCUT2D eigenvalue weighted by Gasteiger charge is 2.42. The minimum Gasteiger partial charge on any atom is -0.365 e. The van der Waals surface area contributed by atoms with Crippen LogP contribution in [0.5, 0.6) is 0 Å². The molecule has 1 N–H and O–H groups in total. The summed E-state index contributed by atoms with van der Waals surface area (Å²) in [7, 11) is 0. The number of nitro groups is 1. The van der Waals surface area contributed by atoms with E-state index in [-0.39, 0.29) is 29.5 Å². The van der Waals surface area contributed by atoms with E-state index in [0.29, 0.717) is 25.2 Å². The number of pyridine rings is 1. The number of aromatic nitrogens is 1. The van der Waals surface area contributed by atoms with E-state index in [1.807, 2.05) is 4.90 Å². The minimum absolute atomic E-state index is 0.0235. The standard InChI is InChI=1S/C13H16N4O3/c1-8-6-16(7-9-4-12(18)15-13(8)9)10-2-3-14-5-11(10)17(19)20/h2-3,5,8-9,13H,4,6-7H2,1H3,(H,15,18)/t8-,9-,13+/m1/s1. The molecule has 2 aliphatic rings. The fourth-order valence-electron chi connectivity index (χ4n) is 3.32. The van der Waals surface area contributed by atoms with Gasteiger partial charge in [0, 0.05) is 37.7 Å². The van der Waals surface area contributed by atoms with E-state index in [0.717, 1.165) is 0 Å². The second kappa shape index (κ2) is 4.73. The summed E-state index contributed by atoms with van der Waals surface area (Å²) < 4.78 is 0. The summed E-state index contributed by atoms with van der Waals surface area (Å²) >= 11 is 0. The second-order valence-corrected chi connectivity index (χ2v) is 5.56. The molecule has 7 heteroatoms. The van der Waals surface area contributed by atoms with Gasteiger partial charge in [-0.25, -0.2) is 0 Å². The van der Waals surface area contributed by atoms with Gasteiger partial charge in [-0.1, -0.05) is 6.92 Å². The van der Waals surface area contributed by atoms with Gasteiger partial charge < -0.3 is 10.2 Å². The highest BCUT2D eigenvalue weighted by molar-refractivity contribution is 5.79. The highest BCUT2D eigenvalue weighted by Crippen LogP contribution is 2.35. The molecule has 0 saturated carbocycles. The fraction of sp³-hybridized carbons (Fsp3) is 0.538. The van der Waals surface area contributed by atoms with Crippen molar-refractivity contribution in [3.05, 3.63) is 28.6 Å². The zero-order valence-electron chi connectivity index (χ0n) is 11.2. The van der Waals surface area contributed by atoms with Crippen molar-refractivity contribution in [1.29, 1.82) is 0 Å². The molecule has 0 aliphatic carbocycles. The van der Waals surface area contributed by atoms with E-state index in [1.165, 1.54) is 6.20 Å². The summed E-state index contributed by atoms with van der Waals surface area (Å²) in [6, 6.07) is 1.87. The molecule has 0 unspecified atom stereocenters. The Morgan fingerprint density at radius 3 is 3.05 bits per heavy atom. The number of nitrogens with zero attached hydrogens (tertiary/aromatic N) is 3. The monoisotopic (exact) mass is 276 g/mol.